The summed E-state index contributed by atoms with van der Waals surface area (Å²) in [5, 5.41) is 0. The van der Waals surface area contributed by atoms with E-state index in [1.807, 2.05) is 24.3 Å². The number of hydrogen-bond donors (Lipinski definition) is 0. The summed E-state index contributed by atoms with van der Waals surface area (Å²) in [6.07, 6.45) is 9.02. The van der Waals surface area contributed by atoms with E-state index in [9.17, 15) is 4.79 Å². The molecule has 1 aromatic carbocycles. The second-order valence-corrected chi connectivity index (χ2v) is 4.90. The minimum absolute atomic E-state index is 0.0418. The average Bonchev–Trinajstić information content (AvgIpc) is 2.75. The molecule has 0 bridgehead atoms. The topological polar surface area (TPSA) is 42.9 Å². The maximum atomic E-state index is 12.4. The van der Waals surface area contributed by atoms with Gasteiger partial charge in [0.15, 0.2) is 0 Å². The van der Waals surface area contributed by atoms with Crippen LogP contribution in [0.2, 0.25) is 0 Å². The summed E-state index contributed by atoms with van der Waals surface area (Å²) in [7, 11) is 0. The standard InChI is InChI=1S/C16H16N2O/c19-16(12-7-3-1-2-4-8-12)15-11-17-13-9-5-6-10-14(13)18-15/h5-7,9-11H,1-4,8H2. The summed E-state index contributed by atoms with van der Waals surface area (Å²) in [6, 6.07) is 7.63. The van der Waals surface area contributed by atoms with E-state index in [-0.39, 0.29) is 5.78 Å². The van der Waals surface area contributed by atoms with Crippen LogP contribution in [0.15, 0.2) is 42.1 Å². The third-order valence-electron chi connectivity index (χ3n) is 3.51. The third-order valence-corrected chi connectivity index (χ3v) is 3.51. The molecule has 0 atom stereocenters. The molecule has 0 saturated carbocycles. The van der Waals surface area contributed by atoms with Crippen molar-refractivity contribution in [2.24, 2.45) is 0 Å². The molecule has 0 fully saturated rings. The fraction of sp³-hybridized carbons (Fsp3) is 0.312. The Labute approximate surface area is 112 Å². The summed E-state index contributed by atoms with van der Waals surface area (Å²) >= 11 is 0. The van der Waals surface area contributed by atoms with Crippen LogP contribution in [0.1, 0.15) is 42.6 Å². The minimum atomic E-state index is 0.0418. The quantitative estimate of drug-likeness (QED) is 0.765. The van der Waals surface area contributed by atoms with E-state index in [0.29, 0.717) is 5.69 Å². The van der Waals surface area contributed by atoms with Crippen molar-refractivity contribution in [3.63, 3.8) is 0 Å². The molecule has 1 aromatic heterocycles. The summed E-state index contributed by atoms with van der Waals surface area (Å²) in [5.41, 5.74) is 2.98. The number of nitrogens with zero attached hydrogens (tertiary/aromatic N) is 2. The highest BCUT2D eigenvalue weighted by Gasteiger charge is 2.15. The molecule has 1 heterocycles. The highest BCUT2D eigenvalue weighted by atomic mass is 16.1. The van der Waals surface area contributed by atoms with Crippen molar-refractivity contribution in [3.05, 3.63) is 47.8 Å². The van der Waals surface area contributed by atoms with Crippen LogP contribution in [-0.2, 0) is 0 Å². The number of rotatable bonds is 2. The van der Waals surface area contributed by atoms with Gasteiger partial charge in [0.1, 0.15) is 5.69 Å². The van der Waals surface area contributed by atoms with Crippen LogP contribution in [-0.4, -0.2) is 15.8 Å². The van der Waals surface area contributed by atoms with Crippen LogP contribution < -0.4 is 0 Å². The fourth-order valence-electron chi connectivity index (χ4n) is 2.45. The predicted octanol–water partition coefficient (Wildman–Crippen LogP) is 3.70. The second-order valence-electron chi connectivity index (χ2n) is 4.90. The summed E-state index contributed by atoms with van der Waals surface area (Å²) in [6.45, 7) is 0. The highest BCUT2D eigenvalue weighted by Crippen LogP contribution is 2.20. The SMILES string of the molecule is O=C(C1=CCCCCC1)c1cnc2ccccc2n1. The van der Waals surface area contributed by atoms with Crippen molar-refractivity contribution in [1.82, 2.24) is 9.97 Å². The van der Waals surface area contributed by atoms with Crippen LogP contribution in [0.25, 0.3) is 11.0 Å². The molecule has 0 aliphatic heterocycles. The Morgan fingerprint density at radius 3 is 2.79 bits per heavy atom. The zero-order valence-corrected chi connectivity index (χ0v) is 10.8. The Morgan fingerprint density at radius 2 is 1.89 bits per heavy atom. The Kier molecular flexibility index (Phi) is 3.36. The van der Waals surface area contributed by atoms with Crippen LogP contribution in [0, 0.1) is 0 Å². The zero-order valence-electron chi connectivity index (χ0n) is 10.8. The first kappa shape index (κ1) is 12.0. The molecule has 0 saturated heterocycles. The van der Waals surface area contributed by atoms with Gasteiger partial charge in [-0.2, -0.15) is 0 Å². The molecule has 19 heavy (non-hydrogen) atoms. The van der Waals surface area contributed by atoms with Gasteiger partial charge < -0.3 is 0 Å². The summed E-state index contributed by atoms with van der Waals surface area (Å²) in [5.74, 6) is 0.0418. The van der Waals surface area contributed by atoms with Crippen LogP contribution in [0.5, 0.6) is 0 Å². The minimum Gasteiger partial charge on any atom is -0.287 e. The predicted molar refractivity (Wildman–Crippen MR) is 75.0 cm³/mol. The number of benzene rings is 1. The first-order chi connectivity index (χ1) is 9.34. The van der Waals surface area contributed by atoms with Gasteiger partial charge >= 0.3 is 0 Å². The van der Waals surface area contributed by atoms with Gasteiger partial charge in [-0.05, 0) is 43.4 Å². The maximum Gasteiger partial charge on any atom is 0.208 e. The van der Waals surface area contributed by atoms with E-state index < -0.39 is 0 Å². The van der Waals surface area contributed by atoms with E-state index in [4.69, 9.17) is 0 Å². The van der Waals surface area contributed by atoms with Crippen molar-refractivity contribution < 1.29 is 4.79 Å². The lowest BCUT2D eigenvalue weighted by Crippen LogP contribution is -2.06. The molecule has 0 amide bonds. The van der Waals surface area contributed by atoms with Gasteiger partial charge in [-0.3, -0.25) is 9.78 Å². The highest BCUT2D eigenvalue weighted by molar-refractivity contribution is 6.07. The monoisotopic (exact) mass is 252 g/mol. The molecular weight excluding hydrogens is 236 g/mol. The molecule has 1 aliphatic rings. The lowest BCUT2D eigenvalue weighted by Gasteiger charge is -2.04. The molecule has 2 aromatic rings. The normalized spacial score (nSPS) is 15.9. The second kappa shape index (κ2) is 5.31. The number of fused-ring (bicyclic) bond motifs is 1. The van der Waals surface area contributed by atoms with Crippen LogP contribution in [0.4, 0.5) is 0 Å². The molecule has 0 unspecified atom stereocenters. The number of carbonyl (C=O) groups excluding carboxylic acids is 1. The van der Waals surface area contributed by atoms with Gasteiger partial charge in [-0.25, -0.2) is 4.98 Å². The molecule has 3 rings (SSSR count). The van der Waals surface area contributed by atoms with Gasteiger partial charge in [0.25, 0.3) is 0 Å². The Morgan fingerprint density at radius 1 is 1.05 bits per heavy atom. The number of para-hydroxylation sites is 2. The maximum absolute atomic E-state index is 12.4. The van der Waals surface area contributed by atoms with Crippen LogP contribution in [0.3, 0.4) is 0 Å². The van der Waals surface area contributed by atoms with Gasteiger partial charge in [-0.1, -0.05) is 24.6 Å². The smallest absolute Gasteiger partial charge is 0.208 e. The molecule has 3 nitrogen and oxygen atoms in total. The van der Waals surface area contributed by atoms with E-state index in [0.717, 1.165) is 35.9 Å². The number of aromatic nitrogens is 2. The van der Waals surface area contributed by atoms with E-state index in [1.165, 1.54) is 12.8 Å². The number of Topliss-reactive ketones (excluding diaryl/α,β-unsaturated/α-hetero) is 1. The first-order valence-corrected chi connectivity index (χ1v) is 6.80. The lowest BCUT2D eigenvalue weighted by molar-refractivity contribution is 0.102. The molecule has 0 N–H and O–H groups in total. The van der Waals surface area contributed by atoms with Crippen molar-refractivity contribution in [2.45, 2.75) is 32.1 Å². The van der Waals surface area contributed by atoms with Crippen molar-refractivity contribution in [1.29, 1.82) is 0 Å². The van der Waals surface area contributed by atoms with Crippen molar-refractivity contribution in [2.75, 3.05) is 0 Å². The molecule has 3 heteroatoms. The lowest BCUT2D eigenvalue weighted by atomic mass is 10.0. The Bertz CT molecular complexity index is 646. The molecule has 1 aliphatic carbocycles. The van der Waals surface area contributed by atoms with E-state index in [1.54, 1.807) is 6.20 Å². The largest absolute Gasteiger partial charge is 0.287 e. The summed E-state index contributed by atoms with van der Waals surface area (Å²) < 4.78 is 0. The van der Waals surface area contributed by atoms with Crippen molar-refractivity contribution >= 4 is 16.8 Å². The molecule has 0 spiro atoms. The zero-order chi connectivity index (χ0) is 13.1. The van der Waals surface area contributed by atoms with E-state index >= 15 is 0 Å². The number of ketones is 1. The van der Waals surface area contributed by atoms with Gasteiger partial charge in [0.2, 0.25) is 5.78 Å². The van der Waals surface area contributed by atoms with Gasteiger partial charge in [0.05, 0.1) is 17.2 Å². The fourth-order valence-corrected chi connectivity index (χ4v) is 2.45. The average molecular weight is 252 g/mol. The molecular formula is C16H16N2O. The number of hydrogen-bond acceptors (Lipinski definition) is 3. The number of carbonyl (C=O) groups is 1. The first-order valence-electron chi connectivity index (χ1n) is 6.80. The summed E-state index contributed by atoms with van der Waals surface area (Å²) in [4.78, 5) is 21.2. The number of allylic oxidation sites excluding steroid dienone is 2. The van der Waals surface area contributed by atoms with Gasteiger partial charge in [-0.15, -0.1) is 0 Å². The molecule has 0 radical (unpaired) electrons. The third kappa shape index (κ3) is 2.55. The Balaban J connectivity index is 1.94. The van der Waals surface area contributed by atoms with Crippen LogP contribution >= 0.6 is 0 Å². The molecule has 96 valence electrons. The van der Waals surface area contributed by atoms with Gasteiger partial charge in [0, 0.05) is 0 Å². The van der Waals surface area contributed by atoms with Crippen molar-refractivity contribution in [3.8, 4) is 0 Å². The van der Waals surface area contributed by atoms with E-state index in [2.05, 4.69) is 16.0 Å². The Hall–Kier alpha value is -2.03.